The number of nitrogens with two attached hydrogens (primary N) is 1. The zero-order valence-electron chi connectivity index (χ0n) is 14.0. The van der Waals surface area contributed by atoms with E-state index in [1.165, 1.54) is 29.5 Å². The Morgan fingerprint density at radius 3 is 2.92 bits per heavy atom. The van der Waals surface area contributed by atoms with Crippen molar-refractivity contribution in [1.82, 2.24) is 10.3 Å². The van der Waals surface area contributed by atoms with Crippen LogP contribution in [0.3, 0.4) is 0 Å². The monoisotopic (exact) mass is 323 g/mol. The second-order valence-corrected chi connectivity index (χ2v) is 6.88. The van der Waals surface area contributed by atoms with Gasteiger partial charge in [0.15, 0.2) is 0 Å². The van der Waals surface area contributed by atoms with Crippen LogP contribution in [0.4, 0.5) is 5.82 Å². The topological polar surface area (TPSA) is 60.2 Å². The van der Waals surface area contributed by atoms with Gasteiger partial charge in [0.1, 0.15) is 5.82 Å². The van der Waals surface area contributed by atoms with Gasteiger partial charge in [0, 0.05) is 11.6 Å². The molecule has 2 unspecified atom stereocenters. The molecule has 0 spiro atoms. The van der Waals surface area contributed by atoms with E-state index in [1.807, 2.05) is 18.2 Å². The molecule has 0 saturated carbocycles. The third kappa shape index (κ3) is 3.30. The van der Waals surface area contributed by atoms with Crippen LogP contribution in [0, 0.1) is 0 Å². The maximum atomic E-state index is 6.23. The number of fused-ring (bicyclic) bond motifs is 1. The molecule has 2 atom stereocenters. The molecule has 4 rings (SSSR count). The van der Waals surface area contributed by atoms with Crippen molar-refractivity contribution in [2.24, 2.45) is 0 Å². The van der Waals surface area contributed by atoms with Gasteiger partial charge in [-0.2, -0.15) is 0 Å². The fraction of sp³-hybridized carbons (Fsp3) is 0.450. The van der Waals surface area contributed by atoms with Crippen molar-refractivity contribution in [3.63, 3.8) is 0 Å². The second-order valence-electron chi connectivity index (χ2n) is 6.88. The fourth-order valence-corrected chi connectivity index (χ4v) is 3.89. The minimum absolute atomic E-state index is 0.308. The van der Waals surface area contributed by atoms with Crippen LogP contribution in [0.25, 0.3) is 11.3 Å². The Hall–Kier alpha value is -1.91. The molecule has 126 valence electrons. The van der Waals surface area contributed by atoms with Crippen molar-refractivity contribution >= 4 is 5.82 Å². The maximum absolute atomic E-state index is 6.23. The molecule has 3 N–H and O–H groups in total. The molecule has 4 nitrogen and oxygen atoms in total. The number of aromatic nitrogens is 1. The summed E-state index contributed by atoms with van der Waals surface area (Å²) in [4.78, 5) is 4.51. The summed E-state index contributed by atoms with van der Waals surface area (Å²) in [7, 11) is 0. The third-order valence-corrected chi connectivity index (χ3v) is 5.18. The lowest BCUT2D eigenvalue weighted by molar-refractivity contribution is 0.0330. The normalized spacial score (nSPS) is 23.2. The molecular formula is C20H25N3O. The molecule has 1 aliphatic heterocycles. The summed E-state index contributed by atoms with van der Waals surface area (Å²) >= 11 is 0. The zero-order chi connectivity index (χ0) is 16.4. The summed E-state index contributed by atoms with van der Waals surface area (Å²) in [6.07, 6.45) is 5.97. The van der Waals surface area contributed by atoms with E-state index in [1.54, 1.807) is 0 Å². The molecule has 1 saturated heterocycles. The van der Waals surface area contributed by atoms with Gasteiger partial charge in [0.25, 0.3) is 0 Å². The second kappa shape index (κ2) is 6.91. The predicted octanol–water partition coefficient (Wildman–Crippen LogP) is 2.96. The predicted molar refractivity (Wildman–Crippen MR) is 96.9 cm³/mol. The molecule has 4 heteroatoms. The minimum Gasteiger partial charge on any atom is -0.384 e. The van der Waals surface area contributed by atoms with Gasteiger partial charge in [-0.15, -0.1) is 0 Å². The molecule has 0 amide bonds. The summed E-state index contributed by atoms with van der Waals surface area (Å²) < 4.78 is 6.23. The van der Waals surface area contributed by atoms with Crippen LogP contribution in [0.2, 0.25) is 0 Å². The van der Waals surface area contributed by atoms with E-state index in [9.17, 15) is 0 Å². The van der Waals surface area contributed by atoms with Crippen molar-refractivity contribution in [1.29, 1.82) is 0 Å². The Morgan fingerprint density at radius 1 is 1.17 bits per heavy atom. The third-order valence-electron chi connectivity index (χ3n) is 5.18. The number of anilines is 1. The van der Waals surface area contributed by atoms with Crippen LogP contribution < -0.4 is 11.1 Å². The molecule has 1 aliphatic carbocycles. The number of rotatable bonds is 4. The number of benzene rings is 1. The molecule has 2 heterocycles. The number of pyridine rings is 1. The highest BCUT2D eigenvalue weighted by Crippen LogP contribution is 2.32. The standard InChI is InChI=1S/C20H25N3O/c21-20-8-2-7-19(23-20)17-6-1-4-14-9-10-16(12-18(14)17)24-13-15-5-3-11-22-15/h1-2,4,6-8,15-16,22H,3,5,9-13H2,(H2,21,23). The molecule has 1 fully saturated rings. The summed E-state index contributed by atoms with van der Waals surface area (Å²) in [6.45, 7) is 1.96. The van der Waals surface area contributed by atoms with Crippen molar-refractivity contribution in [2.75, 3.05) is 18.9 Å². The quantitative estimate of drug-likeness (QED) is 0.908. The first-order chi connectivity index (χ1) is 11.8. The van der Waals surface area contributed by atoms with Gasteiger partial charge in [0.05, 0.1) is 18.4 Å². The number of hydrogen-bond acceptors (Lipinski definition) is 4. The van der Waals surface area contributed by atoms with Gasteiger partial charge in [-0.25, -0.2) is 4.98 Å². The van der Waals surface area contributed by atoms with Crippen molar-refractivity contribution in [2.45, 2.75) is 44.2 Å². The van der Waals surface area contributed by atoms with Crippen LogP contribution >= 0.6 is 0 Å². The summed E-state index contributed by atoms with van der Waals surface area (Å²) in [5, 5.41) is 3.51. The number of nitrogens with one attached hydrogen (secondary N) is 1. The molecule has 24 heavy (non-hydrogen) atoms. The fourth-order valence-electron chi connectivity index (χ4n) is 3.89. The van der Waals surface area contributed by atoms with E-state index in [4.69, 9.17) is 10.5 Å². The Bertz CT molecular complexity index is 710. The molecular weight excluding hydrogens is 298 g/mol. The Kier molecular flexibility index (Phi) is 4.50. The smallest absolute Gasteiger partial charge is 0.124 e. The highest BCUT2D eigenvalue weighted by Gasteiger charge is 2.24. The largest absolute Gasteiger partial charge is 0.384 e. The Morgan fingerprint density at radius 2 is 2.08 bits per heavy atom. The Labute approximate surface area is 143 Å². The highest BCUT2D eigenvalue weighted by atomic mass is 16.5. The number of nitrogens with zero attached hydrogens (tertiary/aromatic N) is 1. The maximum Gasteiger partial charge on any atom is 0.124 e. The van der Waals surface area contributed by atoms with Crippen molar-refractivity contribution in [3.8, 4) is 11.3 Å². The molecule has 0 bridgehead atoms. The van der Waals surface area contributed by atoms with E-state index in [0.29, 0.717) is 18.0 Å². The molecule has 0 radical (unpaired) electrons. The first-order valence-electron chi connectivity index (χ1n) is 8.98. The summed E-state index contributed by atoms with van der Waals surface area (Å²) in [5.41, 5.74) is 10.8. The Balaban J connectivity index is 1.53. The van der Waals surface area contributed by atoms with Crippen LogP contribution in [-0.2, 0) is 17.6 Å². The van der Waals surface area contributed by atoms with Gasteiger partial charge in [-0.05, 0) is 61.9 Å². The average Bonchev–Trinajstić information content (AvgIpc) is 3.13. The molecule has 2 aromatic rings. The number of nitrogen functional groups attached to an aromatic ring is 1. The minimum atomic E-state index is 0.308. The first kappa shape index (κ1) is 15.6. The number of aryl methyl sites for hydroxylation is 1. The molecule has 2 aliphatic rings. The zero-order valence-corrected chi connectivity index (χ0v) is 14.0. The van der Waals surface area contributed by atoms with Crippen molar-refractivity contribution < 1.29 is 4.74 Å². The molecule has 1 aromatic carbocycles. The van der Waals surface area contributed by atoms with E-state index in [2.05, 4.69) is 28.5 Å². The lowest BCUT2D eigenvalue weighted by atomic mass is 9.85. The lowest BCUT2D eigenvalue weighted by Gasteiger charge is -2.27. The van der Waals surface area contributed by atoms with Crippen LogP contribution in [0.15, 0.2) is 36.4 Å². The van der Waals surface area contributed by atoms with E-state index < -0.39 is 0 Å². The lowest BCUT2D eigenvalue weighted by Crippen LogP contribution is -2.31. The van der Waals surface area contributed by atoms with Gasteiger partial charge in [-0.3, -0.25) is 0 Å². The number of ether oxygens (including phenoxy) is 1. The van der Waals surface area contributed by atoms with Crippen molar-refractivity contribution in [3.05, 3.63) is 47.5 Å². The van der Waals surface area contributed by atoms with Gasteiger partial charge >= 0.3 is 0 Å². The number of hydrogen-bond donors (Lipinski definition) is 2. The SMILES string of the molecule is Nc1cccc(-c2cccc3c2CC(OCC2CCCN2)CC3)n1. The van der Waals surface area contributed by atoms with E-state index >= 15 is 0 Å². The van der Waals surface area contributed by atoms with Crippen LogP contribution in [0.1, 0.15) is 30.4 Å². The van der Waals surface area contributed by atoms with Gasteiger partial charge in [-0.1, -0.05) is 24.3 Å². The van der Waals surface area contributed by atoms with Crippen LogP contribution in [0.5, 0.6) is 0 Å². The van der Waals surface area contributed by atoms with E-state index in [-0.39, 0.29) is 0 Å². The van der Waals surface area contributed by atoms with Crippen LogP contribution in [-0.4, -0.2) is 30.3 Å². The first-order valence-corrected chi connectivity index (χ1v) is 8.98. The summed E-state index contributed by atoms with van der Waals surface area (Å²) in [6, 6.07) is 12.9. The van der Waals surface area contributed by atoms with E-state index in [0.717, 1.165) is 38.1 Å². The van der Waals surface area contributed by atoms with Gasteiger partial charge < -0.3 is 15.8 Å². The highest BCUT2D eigenvalue weighted by molar-refractivity contribution is 5.67. The average molecular weight is 323 g/mol. The summed E-state index contributed by atoms with van der Waals surface area (Å²) in [5.74, 6) is 0.570. The molecule has 1 aromatic heterocycles. The van der Waals surface area contributed by atoms with Gasteiger partial charge in [0.2, 0.25) is 0 Å².